The van der Waals surface area contributed by atoms with Crippen LogP contribution in [0.15, 0.2) is 18.0 Å². The molecule has 2 rings (SSSR count). The van der Waals surface area contributed by atoms with Crippen LogP contribution in [0.1, 0.15) is 25.1 Å². The molecule has 0 saturated carbocycles. The molecule has 0 spiro atoms. The zero-order valence-electron chi connectivity index (χ0n) is 11.3. The molecule has 20 heavy (non-hydrogen) atoms. The van der Waals surface area contributed by atoms with E-state index in [9.17, 15) is 4.79 Å². The maximum Gasteiger partial charge on any atom is 0.259 e. The highest BCUT2D eigenvalue weighted by molar-refractivity contribution is 6.02. The quantitative estimate of drug-likeness (QED) is 0.648. The van der Waals surface area contributed by atoms with Gasteiger partial charge in [-0.2, -0.15) is 5.26 Å². The lowest BCUT2D eigenvalue weighted by Gasteiger charge is -2.03. The zero-order chi connectivity index (χ0) is 14.7. The van der Waals surface area contributed by atoms with Crippen molar-refractivity contribution in [2.45, 2.75) is 20.3 Å². The van der Waals surface area contributed by atoms with E-state index in [-0.39, 0.29) is 5.57 Å². The van der Waals surface area contributed by atoms with E-state index in [0.717, 1.165) is 12.1 Å². The number of carbonyl (C=O) groups is 1. The summed E-state index contributed by atoms with van der Waals surface area (Å²) in [5.41, 5.74) is 7.78. The fourth-order valence-electron chi connectivity index (χ4n) is 1.89. The van der Waals surface area contributed by atoms with Crippen molar-refractivity contribution in [2.24, 2.45) is 11.7 Å². The molecule has 2 aromatic rings. The average molecular weight is 269 g/mol. The van der Waals surface area contributed by atoms with E-state index in [1.807, 2.05) is 0 Å². The SMILES string of the molecule is CC(C)Cc1cnc2[nH]cc(/C=C(\C#N)C(N)=O)c2n1. The Labute approximate surface area is 116 Å². The summed E-state index contributed by atoms with van der Waals surface area (Å²) in [6.07, 6.45) is 5.63. The maximum absolute atomic E-state index is 11.1. The molecular weight excluding hydrogens is 254 g/mol. The zero-order valence-corrected chi connectivity index (χ0v) is 11.3. The molecule has 2 heterocycles. The second-order valence-corrected chi connectivity index (χ2v) is 4.93. The van der Waals surface area contributed by atoms with E-state index in [1.54, 1.807) is 18.5 Å². The summed E-state index contributed by atoms with van der Waals surface area (Å²) >= 11 is 0. The van der Waals surface area contributed by atoms with Crippen molar-refractivity contribution in [3.8, 4) is 6.07 Å². The van der Waals surface area contributed by atoms with E-state index in [0.29, 0.717) is 22.6 Å². The average Bonchev–Trinajstić information content (AvgIpc) is 2.77. The van der Waals surface area contributed by atoms with Crippen LogP contribution in [0.25, 0.3) is 17.2 Å². The Kier molecular flexibility index (Phi) is 3.80. The van der Waals surface area contributed by atoms with Crippen molar-refractivity contribution in [1.82, 2.24) is 15.0 Å². The van der Waals surface area contributed by atoms with E-state index in [2.05, 4.69) is 28.8 Å². The first-order chi connectivity index (χ1) is 9.51. The fraction of sp³-hybridized carbons (Fsp3) is 0.286. The molecule has 0 saturated heterocycles. The predicted molar refractivity (Wildman–Crippen MR) is 75.2 cm³/mol. The van der Waals surface area contributed by atoms with Crippen LogP contribution in [-0.4, -0.2) is 20.9 Å². The van der Waals surface area contributed by atoms with Crippen LogP contribution >= 0.6 is 0 Å². The number of aromatic nitrogens is 3. The van der Waals surface area contributed by atoms with E-state index in [1.165, 1.54) is 6.08 Å². The molecule has 0 aromatic carbocycles. The minimum absolute atomic E-state index is 0.109. The Morgan fingerprint density at radius 2 is 2.35 bits per heavy atom. The summed E-state index contributed by atoms with van der Waals surface area (Å²) < 4.78 is 0. The highest BCUT2D eigenvalue weighted by Crippen LogP contribution is 2.18. The number of fused-ring (bicyclic) bond motifs is 1. The minimum atomic E-state index is -0.756. The first-order valence-corrected chi connectivity index (χ1v) is 6.26. The van der Waals surface area contributed by atoms with Gasteiger partial charge in [-0.1, -0.05) is 13.8 Å². The molecule has 6 heteroatoms. The molecule has 2 aromatic heterocycles. The van der Waals surface area contributed by atoms with E-state index >= 15 is 0 Å². The molecule has 102 valence electrons. The highest BCUT2D eigenvalue weighted by Gasteiger charge is 2.10. The summed E-state index contributed by atoms with van der Waals surface area (Å²) in [6, 6.07) is 1.78. The molecule has 0 fully saturated rings. The fourth-order valence-corrected chi connectivity index (χ4v) is 1.89. The summed E-state index contributed by atoms with van der Waals surface area (Å²) in [5.74, 6) is -0.284. The lowest BCUT2D eigenvalue weighted by molar-refractivity contribution is -0.114. The summed E-state index contributed by atoms with van der Waals surface area (Å²) in [4.78, 5) is 22.9. The minimum Gasteiger partial charge on any atom is -0.365 e. The molecule has 0 aliphatic heterocycles. The lowest BCUT2D eigenvalue weighted by atomic mass is 10.1. The number of rotatable bonds is 4. The third-order valence-electron chi connectivity index (χ3n) is 2.76. The molecular formula is C14H15N5O. The van der Waals surface area contributed by atoms with Gasteiger partial charge in [0, 0.05) is 11.8 Å². The largest absolute Gasteiger partial charge is 0.365 e. The first kappa shape index (κ1) is 13.7. The molecule has 0 aliphatic rings. The van der Waals surface area contributed by atoms with Gasteiger partial charge in [0.05, 0.1) is 11.9 Å². The van der Waals surface area contributed by atoms with Crippen LogP contribution in [0.2, 0.25) is 0 Å². The number of carbonyl (C=O) groups excluding carboxylic acids is 1. The van der Waals surface area contributed by atoms with Crippen LogP contribution in [0, 0.1) is 17.2 Å². The van der Waals surface area contributed by atoms with Crippen LogP contribution in [0.4, 0.5) is 0 Å². The van der Waals surface area contributed by atoms with Crippen molar-refractivity contribution in [2.75, 3.05) is 0 Å². The Balaban J connectivity index is 2.50. The lowest BCUT2D eigenvalue weighted by Crippen LogP contribution is -2.12. The van der Waals surface area contributed by atoms with Gasteiger partial charge < -0.3 is 10.7 Å². The second kappa shape index (κ2) is 5.53. The number of hydrogen-bond donors (Lipinski definition) is 2. The molecule has 3 N–H and O–H groups in total. The first-order valence-electron chi connectivity index (χ1n) is 6.26. The number of nitrogens with one attached hydrogen (secondary N) is 1. The number of hydrogen-bond acceptors (Lipinski definition) is 4. The number of amides is 1. The van der Waals surface area contributed by atoms with Gasteiger partial charge in [0.2, 0.25) is 0 Å². The van der Waals surface area contributed by atoms with Crippen molar-refractivity contribution in [3.63, 3.8) is 0 Å². The number of nitrogens with two attached hydrogens (primary N) is 1. The molecule has 6 nitrogen and oxygen atoms in total. The van der Waals surface area contributed by atoms with E-state index in [4.69, 9.17) is 11.0 Å². The van der Waals surface area contributed by atoms with Crippen molar-refractivity contribution in [3.05, 3.63) is 29.2 Å². The Morgan fingerprint density at radius 3 is 2.95 bits per heavy atom. The Morgan fingerprint density at radius 1 is 1.60 bits per heavy atom. The monoisotopic (exact) mass is 269 g/mol. The summed E-state index contributed by atoms with van der Waals surface area (Å²) in [7, 11) is 0. The van der Waals surface area contributed by atoms with Gasteiger partial charge in [0.1, 0.15) is 17.2 Å². The van der Waals surface area contributed by atoms with Crippen molar-refractivity contribution < 1.29 is 4.79 Å². The molecule has 0 bridgehead atoms. The molecule has 0 atom stereocenters. The van der Waals surface area contributed by atoms with Crippen LogP contribution in [0.5, 0.6) is 0 Å². The Bertz CT molecular complexity index is 721. The van der Waals surface area contributed by atoms with Gasteiger partial charge in [0.25, 0.3) is 5.91 Å². The standard InChI is InChI=1S/C14H15N5O/c1-8(2)3-11-7-18-14-12(19-11)10(6-17-14)4-9(5-15)13(16)20/h4,6-8H,3H2,1-2H3,(H2,16,20)(H,17,18)/b9-4+. The maximum atomic E-state index is 11.1. The van der Waals surface area contributed by atoms with Crippen LogP contribution in [-0.2, 0) is 11.2 Å². The van der Waals surface area contributed by atoms with Crippen LogP contribution < -0.4 is 5.73 Å². The smallest absolute Gasteiger partial charge is 0.259 e. The normalized spacial score (nSPS) is 11.8. The topological polar surface area (TPSA) is 108 Å². The number of H-pyrrole nitrogens is 1. The summed E-state index contributed by atoms with van der Waals surface area (Å²) in [5, 5.41) is 8.88. The van der Waals surface area contributed by atoms with E-state index < -0.39 is 5.91 Å². The van der Waals surface area contributed by atoms with Gasteiger partial charge >= 0.3 is 0 Å². The molecule has 0 unspecified atom stereocenters. The third-order valence-corrected chi connectivity index (χ3v) is 2.76. The van der Waals surface area contributed by atoms with Gasteiger partial charge in [-0.3, -0.25) is 4.79 Å². The van der Waals surface area contributed by atoms with Crippen LogP contribution in [0.3, 0.4) is 0 Å². The van der Waals surface area contributed by atoms with Crippen molar-refractivity contribution in [1.29, 1.82) is 5.26 Å². The molecule has 1 amide bonds. The molecule has 0 radical (unpaired) electrons. The van der Waals surface area contributed by atoms with Gasteiger partial charge in [-0.15, -0.1) is 0 Å². The number of aromatic amines is 1. The number of nitrogens with zero attached hydrogens (tertiary/aromatic N) is 3. The van der Waals surface area contributed by atoms with Crippen molar-refractivity contribution >= 4 is 23.1 Å². The third kappa shape index (κ3) is 2.83. The highest BCUT2D eigenvalue weighted by atomic mass is 16.1. The second-order valence-electron chi connectivity index (χ2n) is 4.93. The van der Waals surface area contributed by atoms with Gasteiger partial charge in [-0.05, 0) is 18.4 Å². The predicted octanol–water partition coefficient (Wildman–Crippen LogP) is 1.55. The molecule has 0 aliphatic carbocycles. The van der Waals surface area contributed by atoms with Gasteiger partial charge in [0.15, 0.2) is 5.65 Å². The Hall–Kier alpha value is -2.68. The van der Waals surface area contributed by atoms with Gasteiger partial charge in [-0.25, -0.2) is 9.97 Å². The number of primary amides is 1. The summed E-state index contributed by atoms with van der Waals surface area (Å²) in [6.45, 7) is 4.20. The number of nitriles is 1.